The van der Waals surface area contributed by atoms with E-state index in [1.165, 1.54) is 7.11 Å². The van der Waals surface area contributed by atoms with E-state index in [2.05, 4.69) is 0 Å². The molecule has 0 bridgehead atoms. The molecule has 0 aliphatic heterocycles. The molecular formula is C31H38O7. The van der Waals surface area contributed by atoms with E-state index < -0.39 is 24.1 Å². The Kier molecular flexibility index (Phi) is 11.5. The summed E-state index contributed by atoms with van der Waals surface area (Å²) in [6.07, 6.45) is 5.06. The zero-order valence-corrected chi connectivity index (χ0v) is 22.3. The van der Waals surface area contributed by atoms with Gasteiger partial charge in [0.05, 0.1) is 18.2 Å². The van der Waals surface area contributed by atoms with Crippen LogP contribution in [0.5, 0.6) is 0 Å². The average Bonchev–Trinajstić information content (AvgIpc) is 3.24. The molecule has 4 atom stereocenters. The highest BCUT2D eigenvalue weighted by molar-refractivity contribution is 5.90. The second kappa shape index (κ2) is 15.1. The van der Waals surface area contributed by atoms with Crippen molar-refractivity contribution in [3.05, 3.63) is 71.8 Å². The smallest absolute Gasteiger partial charge is 0.338 e. The number of hydrogen-bond donors (Lipinski definition) is 0. The minimum atomic E-state index is -0.458. The zero-order chi connectivity index (χ0) is 27.3. The van der Waals surface area contributed by atoms with Crippen molar-refractivity contribution in [2.75, 3.05) is 7.11 Å². The van der Waals surface area contributed by atoms with Gasteiger partial charge in [-0.1, -0.05) is 55.7 Å². The predicted octanol–water partition coefficient (Wildman–Crippen LogP) is 5.96. The number of carbonyl (C=O) groups excluding carboxylic acids is 4. The summed E-state index contributed by atoms with van der Waals surface area (Å²) in [5.74, 6) is -1.10. The first-order valence-electron chi connectivity index (χ1n) is 13.5. The standard InChI is InChI=1S/C31H38O7/c1-22(32)19-20-26-25(17-11-3-4-12-18-29(33)36-2)27(37-30(34)23-13-7-5-8-14-23)21-28(26)38-31(35)24-15-9-6-10-16-24/h5-10,13-16,25-28H,3-4,11-12,17-21H2,1-2H3/t25-,26-,27+,28-/m1/s1. The summed E-state index contributed by atoms with van der Waals surface area (Å²) in [7, 11) is 1.39. The van der Waals surface area contributed by atoms with Gasteiger partial charge in [0.25, 0.3) is 0 Å². The number of methoxy groups -OCH3 is 1. The molecule has 7 nitrogen and oxygen atoms in total. The van der Waals surface area contributed by atoms with Gasteiger partial charge in [0, 0.05) is 31.1 Å². The second-order valence-corrected chi connectivity index (χ2v) is 9.95. The normalized spacial score (nSPS) is 20.5. The fourth-order valence-corrected chi connectivity index (χ4v) is 5.24. The monoisotopic (exact) mass is 522 g/mol. The van der Waals surface area contributed by atoms with Gasteiger partial charge in [0.15, 0.2) is 0 Å². The maximum absolute atomic E-state index is 12.9. The van der Waals surface area contributed by atoms with E-state index in [4.69, 9.17) is 14.2 Å². The van der Waals surface area contributed by atoms with E-state index in [0.717, 1.165) is 32.1 Å². The molecular weight excluding hydrogens is 484 g/mol. The van der Waals surface area contributed by atoms with Crippen molar-refractivity contribution >= 4 is 23.7 Å². The summed E-state index contributed by atoms with van der Waals surface area (Å²) in [5.41, 5.74) is 0.934. The van der Waals surface area contributed by atoms with Gasteiger partial charge in [0.2, 0.25) is 0 Å². The lowest BCUT2D eigenvalue weighted by molar-refractivity contribution is -0.140. The van der Waals surface area contributed by atoms with E-state index in [0.29, 0.717) is 36.8 Å². The van der Waals surface area contributed by atoms with Gasteiger partial charge in [-0.05, 0) is 50.5 Å². The van der Waals surface area contributed by atoms with E-state index in [1.54, 1.807) is 55.5 Å². The molecule has 0 spiro atoms. The number of ketones is 1. The number of unbranched alkanes of at least 4 members (excludes halogenated alkanes) is 3. The third kappa shape index (κ3) is 8.82. The SMILES string of the molecule is COC(=O)CCCCCC[C@@H]1[C@@H](CCC(C)=O)[C@H](OC(=O)c2ccccc2)C[C@@H]1OC(=O)c1ccccc1. The number of rotatable bonds is 14. The number of ether oxygens (including phenoxy) is 3. The molecule has 1 fully saturated rings. The van der Waals surface area contributed by atoms with Crippen molar-refractivity contribution in [3.8, 4) is 0 Å². The van der Waals surface area contributed by atoms with Crippen LogP contribution in [0.25, 0.3) is 0 Å². The predicted molar refractivity (Wildman–Crippen MR) is 143 cm³/mol. The van der Waals surface area contributed by atoms with Gasteiger partial charge >= 0.3 is 17.9 Å². The van der Waals surface area contributed by atoms with Crippen molar-refractivity contribution in [2.45, 2.75) is 76.9 Å². The number of Topliss-reactive ketones (excluding diaryl/α,β-unsaturated/α-hetero) is 1. The molecule has 2 aromatic rings. The molecule has 0 heterocycles. The van der Waals surface area contributed by atoms with Crippen LogP contribution in [0.1, 0.15) is 85.4 Å². The van der Waals surface area contributed by atoms with Crippen molar-refractivity contribution in [1.82, 2.24) is 0 Å². The van der Waals surface area contributed by atoms with Crippen LogP contribution in [0.3, 0.4) is 0 Å². The van der Waals surface area contributed by atoms with E-state index in [1.807, 2.05) is 12.1 Å². The first kappa shape index (κ1) is 29.1. The summed E-state index contributed by atoms with van der Waals surface area (Å²) in [4.78, 5) is 49.1. The summed E-state index contributed by atoms with van der Waals surface area (Å²) in [5, 5.41) is 0. The Labute approximate surface area is 224 Å². The quantitative estimate of drug-likeness (QED) is 0.172. The van der Waals surface area contributed by atoms with E-state index >= 15 is 0 Å². The Balaban J connectivity index is 1.73. The van der Waals surface area contributed by atoms with Crippen LogP contribution in [0, 0.1) is 11.8 Å². The number of benzene rings is 2. The highest BCUT2D eigenvalue weighted by atomic mass is 16.6. The Bertz CT molecular complexity index is 1050. The minimum absolute atomic E-state index is 0.0452. The lowest BCUT2D eigenvalue weighted by Gasteiger charge is -2.26. The first-order valence-corrected chi connectivity index (χ1v) is 13.5. The molecule has 2 aromatic carbocycles. The maximum Gasteiger partial charge on any atom is 0.338 e. The third-order valence-corrected chi connectivity index (χ3v) is 7.23. The van der Waals surface area contributed by atoms with Crippen LogP contribution in [0.2, 0.25) is 0 Å². The molecule has 38 heavy (non-hydrogen) atoms. The van der Waals surface area contributed by atoms with Crippen molar-refractivity contribution in [1.29, 1.82) is 0 Å². The summed E-state index contributed by atoms with van der Waals surface area (Å²) < 4.78 is 16.7. The topological polar surface area (TPSA) is 96.0 Å². The molecule has 0 radical (unpaired) electrons. The maximum atomic E-state index is 12.9. The number of esters is 3. The molecule has 0 unspecified atom stereocenters. The Morgan fingerprint density at radius 1 is 0.684 bits per heavy atom. The van der Waals surface area contributed by atoms with Gasteiger partial charge in [-0.25, -0.2) is 9.59 Å². The van der Waals surface area contributed by atoms with Gasteiger partial charge < -0.3 is 19.0 Å². The lowest BCUT2D eigenvalue weighted by atomic mass is 9.85. The van der Waals surface area contributed by atoms with Crippen molar-refractivity contribution < 1.29 is 33.4 Å². The number of hydrogen-bond acceptors (Lipinski definition) is 7. The molecule has 7 heteroatoms. The molecule has 0 N–H and O–H groups in total. The Morgan fingerprint density at radius 3 is 1.68 bits per heavy atom. The average molecular weight is 523 g/mol. The van der Waals surface area contributed by atoms with Gasteiger partial charge in [-0.3, -0.25) is 4.79 Å². The third-order valence-electron chi connectivity index (χ3n) is 7.23. The highest BCUT2D eigenvalue weighted by Gasteiger charge is 2.46. The Morgan fingerprint density at radius 2 is 1.18 bits per heavy atom. The molecule has 0 saturated heterocycles. The summed E-state index contributed by atoms with van der Waals surface area (Å²) >= 11 is 0. The summed E-state index contributed by atoms with van der Waals surface area (Å²) in [6.45, 7) is 1.56. The van der Waals surface area contributed by atoms with Gasteiger partial charge in [-0.2, -0.15) is 0 Å². The van der Waals surface area contributed by atoms with Crippen molar-refractivity contribution in [2.24, 2.45) is 11.8 Å². The summed E-state index contributed by atoms with van der Waals surface area (Å²) in [6, 6.07) is 17.7. The minimum Gasteiger partial charge on any atom is -0.469 e. The highest BCUT2D eigenvalue weighted by Crippen LogP contribution is 2.43. The second-order valence-electron chi connectivity index (χ2n) is 9.95. The Hall–Kier alpha value is -3.48. The lowest BCUT2D eigenvalue weighted by Crippen LogP contribution is -2.28. The van der Waals surface area contributed by atoms with Crippen LogP contribution in [0.4, 0.5) is 0 Å². The molecule has 204 valence electrons. The van der Waals surface area contributed by atoms with Crippen molar-refractivity contribution in [3.63, 3.8) is 0 Å². The van der Waals surface area contributed by atoms with Crippen LogP contribution in [-0.4, -0.2) is 43.0 Å². The van der Waals surface area contributed by atoms with E-state index in [-0.39, 0.29) is 23.6 Å². The van der Waals surface area contributed by atoms with Gasteiger partial charge in [-0.15, -0.1) is 0 Å². The molecule has 3 rings (SSSR count). The largest absolute Gasteiger partial charge is 0.469 e. The van der Waals surface area contributed by atoms with Crippen LogP contribution in [-0.2, 0) is 23.8 Å². The van der Waals surface area contributed by atoms with E-state index in [9.17, 15) is 19.2 Å². The first-order chi connectivity index (χ1) is 18.4. The molecule has 0 aromatic heterocycles. The van der Waals surface area contributed by atoms with Gasteiger partial charge in [0.1, 0.15) is 18.0 Å². The number of carbonyl (C=O) groups is 4. The molecule has 1 saturated carbocycles. The zero-order valence-electron chi connectivity index (χ0n) is 22.3. The molecule has 1 aliphatic carbocycles. The molecule has 0 amide bonds. The van der Waals surface area contributed by atoms with Crippen LogP contribution >= 0.6 is 0 Å². The van der Waals surface area contributed by atoms with Crippen LogP contribution in [0.15, 0.2) is 60.7 Å². The fourth-order valence-electron chi connectivity index (χ4n) is 5.24. The van der Waals surface area contributed by atoms with Crippen LogP contribution < -0.4 is 0 Å². The molecule has 1 aliphatic rings. The fraction of sp³-hybridized carbons (Fsp3) is 0.484.